The molecule has 0 atom stereocenters. The van der Waals surface area contributed by atoms with Crippen LogP contribution >= 0.6 is 0 Å². The van der Waals surface area contributed by atoms with Crippen molar-refractivity contribution in [1.29, 1.82) is 0 Å². The highest BCUT2D eigenvalue weighted by Crippen LogP contribution is 2.19. The summed E-state index contributed by atoms with van der Waals surface area (Å²) >= 11 is 0. The van der Waals surface area contributed by atoms with Crippen LogP contribution in [0.5, 0.6) is 0 Å². The Labute approximate surface area is 117 Å². The third-order valence-electron chi connectivity index (χ3n) is 2.79. The first kappa shape index (κ1) is 14.3. The van der Waals surface area contributed by atoms with Crippen molar-refractivity contribution in [2.45, 2.75) is 6.92 Å². The van der Waals surface area contributed by atoms with Crippen LogP contribution in [0.2, 0.25) is 0 Å². The molecule has 106 valence electrons. The molecule has 2 aromatic rings. The summed E-state index contributed by atoms with van der Waals surface area (Å²) in [6.07, 6.45) is 0. The maximum atomic E-state index is 11.4. The zero-order valence-corrected chi connectivity index (χ0v) is 12.0. The third kappa shape index (κ3) is 3.24. The molecule has 1 N–H and O–H groups in total. The number of hydrogen-bond donors (Lipinski definition) is 1. The van der Waals surface area contributed by atoms with E-state index in [0.29, 0.717) is 11.4 Å². The Morgan fingerprint density at radius 1 is 1.15 bits per heavy atom. The molecule has 20 heavy (non-hydrogen) atoms. The Balaban J connectivity index is 2.28. The molecule has 0 aliphatic rings. The average molecular weight is 293 g/mol. The molecule has 0 aliphatic heterocycles. The molecule has 0 amide bonds. The van der Waals surface area contributed by atoms with Crippen LogP contribution in [0.1, 0.15) is 6.92 Å². The van der Waals surface area contributed by atoms with Gasteiger partial charge in [0, 0.05) is 24.4 Å². The number of aromatic nitrogens is 2. The second-order valence-corrected chi connectivity index (χ2v) is 6.27. The van der Waals surface area contributed by atoms with Crippen LogP contribution in [-0.2, 0) is 17.1 Å². The average Bonchev–Trinajstić information content (AvgIpc) is 2.42. The Kier molecular flexibility index (Phi) is 3.89. The first-order valence-electron chi connectivity index (χ1n) is 6.06. The Morgan fingerprint density at radius 3 is 2.35 bits per heavy atom. The van der Waals surface area contributed by atoms with Gasteiger partial charge in [0.1, 0.15) is 0 Å². The van der Waals surface area contributed by atoms with Crippen LogP contribution in [0, 0.1) is 0 Å². The van der Waals surface area contributed by atoms with E-state index < -0.39 is 10.0 Å². The summed E-state index contributed by atoms with van der Waals surface area (Å²) in [5.74, 6) is 0.0249. The molecule has 0 aliphatic carbocycles. The fraction of sp³-hybridized carbons (Fsp3) is 0.231. The monoisotopic (exact) mass is 293 g/mol. The number of benzene rings is 1. The normalized spacial score (nSPS) is 11.3. The zero-order chi connectivity index (χ0) is 14.8. The number of nitrogens with one attached hydrogen (secondary N) is 1. The highest BCUT2D eigenvalue weighted by Gasteiger charge is 2.07. The van der Waals surface area contributed by atoms with E-state index in [1.165, 1.54) is 10.7 Å². The van der Waals surface area contributed by atoms with Gasteiger partial charge in [-0.05, 0) is 25.1 Å². The van der Waals surface area contributed by atoms with E-state index in [4.69, 9.17) is 0 Å². The molecular weight excluding hydrogens is 278 g/mol. The number of anilines is 1. The van der Waals surface area contributed by atoms with E-state index in [0.717, 1.165) is 5.56 Å². The van der Waals surface area contributed by atoms with E-state index in [2.05, 4.69) is 9.82 Å². The van der Waals surface area contributed by atoms with Crippen molar-refractivity contribution in [3.63, 3.8) is 0 Å². The standard InChI is InChI=1S/C13H15N3O3S/c1-3-20(18,19)15-11-6-4-10(5-7-11)12-8-9-13(17)16(2)14-12/h4-9,15H,3H2,1-2H3. The number of aryl methyl sites for hydroxylation is 1. The molecule has 0 unspecified atom stereocenters. The van der Waals surface area contributed by atoms with Crippen molar-refractivity contribution in [2.24, 2.45) is 7.05 Å². The minimum atomic E-state index is -3.27. The van der Waals surface area contributed by atoms with Crippen LogP contribution in [-0.4, -0.2) is 24.0 Å². The van der Waals surface area contributed by atoms with E-state index in [1.807, 2.05) is 0 Å². The fourth-order valence-corrected chi connectivity index (χ4v) is 2.26. The van der Waals surface area contributed by atoms with Crippen molar-refractivity contribution < 1.29 is 8.42 Å². The van der Waals surface area contributed by atoms with Crippen LogP contribution in [0.3, 0.4) is 0 Å². The minimum Gasteiger partial charge on any atom is -0.284 e. The largest absolute Gasteiger partial charge is 0.284 e. The molecule has 1 aromatic carbocycles. The summed E-state index contributed by atoms with van der Waals surface area (Å²) < 4.78 is 26.6. The Morgan fingerprint density at radius 2 is 1.80 bits per heavy atom. The molecule has 0 radical (unpaired) electrons. The summed E-state index contributed by atoms with van der Waals surface area (Å²) in [6, 6.07) is 9.90. The van der Waals surface area contributed by atoms with E-state index in [1.54, 1.807) is 44.3 Å². The van der Waals surface area contributed by atoms with Crippen LogP contribution in [0.25, 0.3) is 11.3 Å². The lowest BCUT2D eigenvalue weighted by atomic mass is 10.1. The van der Waals surface area contributed by atoms with Gasteiger partial charge in [0.15, 0.2) is 0 Å². The van der Waals surface area contributed by atoms with Gasteiger partial charge in [-0.3, -0.25) is 9.52 Å². The smallest absolute Gasteiger partial charge is 0.266 e. The predicted octanol–water partition coefficient (Wildman–Crippen LogP) is 1.21. The first-order valence-corrected chi connectivity index (χ1v) is 7.72. The summed E-state index contributed by atoms with van der Waals surface area (Å²) in [5, 5.41) is 4.13. The Hall–Kier alpha value is -2.15. The number of sulfonamides is 1. The van der Waals surface area contributed by atoms with Crippen molar-refractivity contribution in [1.82, 2.24) is 9.78 Å². The van der Waals surface area contributed by atoms with Gasteiger partial charge in [0.05, 0.1) is 11.4 Å². The highest BCUT2D eigenvalue weighted by atomic mass is 32.2. The van der Waals surface area contributed by atoms with Crippen LogP contribution in [0.15, 0.2) is 41.2 Å². The highest BCUT2D eigenvalue weighted by molar-refractivity contribution is 7.92. The van der Waals surface area contributed by atoms with Gasteiger partial charge in [-0.1, -0.05) is 12.1 Å². The number of rotatable bonds is 4. The quantitative estimate of drug-likeness (QED) is 0.918. The lowest BCUT2D eigenvalue weighted by molar-refractivity contribution is 0.602. The molecule has 1 aromatic heterocycles. The molecule has 0 saturated heterocycles. The summed E-state index contributed by atoms with van der Waals surface area (Å²) in [4.78, 5) is 11.3. The molecule has 0 bridgehead atoms. The Bertz CT molecular complexity index is 764. The zero-order valence-electron chi connectivity index (χ0n) is 11.2. The van der Waals surface area contributed by atoms with Gasteiger partial charge >= 0.3 is 0 Å². The number of nitrogens with zero attached hydrogens (tertiary/aromatic N) is 2. The lowest BCUT2D eigenvalue weighted by Crippen LogP contribution is -2.18. The first-order chi connectivity index (χ1) is 9.41. The lowest BCUT2D eigenvalue weighted by Gasteiger charge is -2.07. The van der Waals surface area contributed by atoms with Gasteiger partial charge in [-0.15, -0.1) is 0 Å². The topological polar surface area (TPSA) is 81.1 Å². The molecule has 1 heterocycles. The second-order valence-electron chi connectivity index (χ2n) is 4.26. The van der Waals surface area contributed by atoms with Crippen molar-refractivity contribution in [3.8, 4) is 11.3 Å². The maximum absolute atomic E-state index is 11.4. The molecule has 0 saturated carbocycles. The molecular formula is C13H15N3O3S. The van der Waals surface area contributed by atoms with E-state index >= 15 is 0 Å². The van der Waals surface area contributed by atoms with Crippen molar-refractivity contribution >= 4 is 15.7 Å². The van der Waals surface area contributed by atoms with Gasteiger partial charge < -0.3 is 0 Å². The predicted molar refractivity (Wildman–Crippen MR) is 78.0 cm³/mol. The van der Waals surface area contributed by atoms with Gasteiger partial charge in [-0.25, -0.2) is 13.1 Å². The van der Waals surface area contributed by atoms with Gasteiger partial charge in [0.25, 0.3) is 5.56 Å². The van der Waals surface area contributed by atoms with Crippen molar-refractivity contribution in [3.05, 3.63) is 46.8 Å². The van der Waals surface area contributed by atoms with Gasteiger partial charge in [0.2, 0.25) is 10.0 Å². The summed E-state index contributed by atoms with van der Waals surface area (Å²) in [5.41, 5.74) is 1.78. The van der Waals surface area contributed by atoms with Crippen LogP contribution < -0.4 is 10.3 Å². The fourth-order valence-electron chi connectivity index (χ4n) is 1.62. The summed E-state index contributed by atoms with van der Waals surface area (Å²) in [6.45, 7) is 1.57. The van der Waals surface area contributed by atoms with E-state index in [-0.39, 0.29) is 11.3 Å². The minimum absolute atomic E-state index is 0.0249. The second kappa shape index (κ2) is 5.46. The maximum Gasteiger partial charge on any atom is 0.266 e. The third-order valence-corrected chi connectivity index (χ3v) is 4.10. The SMILES string of the molecule is CCS(=O)(=O)Nc1ccc(-c2ccc(=O)n(C)n2)cc1. The molecule has 0 spiro atoms. The molecule has 6 nitrogen and oxygen atoms in total. The molecule has 7 heteroatoms. The molecule has 2 rings (SSSR count). The van der Waals surface area contributed by atoms with Gasteiger partial charge in [-0.2, -0.15) is 5.10 Å². The number of hydrogen-bond acceptors (Lipinski definition) is 4. The summed E-state index contributed by atoms with van der Waals surface area (Å²) in [7, 11) is -1.69. The van der Waals surface area contributed by atoms with Crippen LogP contribution in [0.4, 0.5) is 5.69 Å². The van der Waals surface area contributed by atoms with Crippen molar-refractivity contribution in [2.75, 3.05) is 10.5 Å². The molecule has 0 fully saturated rings. The van der Waals surface area contributed by atoms with E-state index in [9.17, 15) is 13.2 Å².